The van der Waals surface area contributed by atoms with Crippen LogP contribution in [0.4, 0.5) is 5.95 Å². The lowest BCUT2D eigenvalue weighted by Crippen LogP contribution is -2.34. The lowest BCUT2D eigenvalue weighted by molar-refractivity contribution is -0.0730. The molecule has 0 bridgehead atoms. The van der Waals surface area contributed by atoms with E-state index in [1.54, 1.807) is 0 Å². The zero-order valence-corrected chi connectivity index (χ0v) is 13.1. The van der Waals surface area contributed by atoms with Crippen LogP contribution in [0.5, 0.6) is 0 Å². The summed E-state index contributed by atoms with van der Waals surface area (Å²) in [6.07, 6.45) is 1.29. The van der Waals surface area contributed by atoms with Crippen LogP contribution in [-0.4, -0.2) is 54.2 Å². The predicted molar refractivity (Wildman–Crippen MR) is 87.5 cm³/mol. The van der Waals surface area contributed by atoms with Gasteiger partial charge in [-0.2, -0.15) is 4.98 Å². The molecule has 3 heterocycles. The van der Waals surface area contributed by atoms with Crippen LogP contribution in [0, 0.1) is 12.3 Å². The number of aliphatic hydroxyl groups excluding tert-OH is 2. The van der Waals surface area contributed by atoms with Gasteiger partial charge in [-0.05, 0) is 0 Å². The van der Waals surface area contributed by atoms with E-state index in [2.05, 4.69) is 15.9 Å². The summed E-state index contributed by atoms with van der Waals surface area (Å²) in [4.78, 5) is 31.2. The maximum atomic E-state index is 12.7. The molecule has 4 atom stereocenters. The summed E-state index contributed by atoms with van der Waals surface area (Å²) in [6.45, 7) is -0.239. The fraction of sp³-hybridized carbons (Fsp3) is 0.500. The number of aliphatic hydroxyl groups is 2. The molecule has 0 radical (unpaired) electrons. The molecule has 11 heteroatoms. The third-order valence-electron chi connectivity index (χ3n) is 4.12. The van der Waals surface area contributed by atoms with E-state index in [1.165, 1.54) is 0 Å². The Bertz CT molecular complexity index is 953. The number of hydrogen-bond donors (Lipinski definition) is 5. The van der Waals surface area contributed by atoms with Crippen molar-refractivity contribution in [2.75, 3.05) is 12.3 Å². The molecule has 25 heavy (non-hydrogen) atoms. The van der Waals surface area contributed by atoms with Gasteiger partial charge in [0.2, 0.25) is 5.95 Å². The molecule has 0 aromatic carbocycles. The molecule has 0 aliphatic carbocycles. The highest BCUT2D eigenvalue weighted by Crippen LogP contribution is 2.31. The first-order valence-electron chi connectivity index (χ1n) is 7.54. The molecule has 1 unspecified atom stereocenters. The smallest absolute Gasteiger partial charge is 0.333 e. The Morgan fingerprint density at radius 1 is 1.52 bits per heavy atom. The Labute approximate surface area is 140 Å². The molecule has 0 amide bonds. The molecule has 7 N–H and O–H groups in total. The predicted octanol–water partition coefficient (Wildman–Crippen LogP) is -2.93. The summed E-state index contributed by atoms with van der Waals surface area (Å²) in [7, 11) is 0. The van der Waals surface area contributed by atoms with Crippen LogP contribution >= 0.6 is 0 Å². The van der Waals surface area contributed by atoms with Gasteiger partial charge in [0.05, 0.1) is 18.8 Å². The van der Waals surface area contributed by atoms with E-state index in [-0.39, 0.29) is 36.6 Å². The second-order valence-electron chi connectivity index (χ2n) is 5.74. The van der Waals surface area contributed by atoms with Gasteiger partial charge in [0.15, 0.2) is 17.4 Å². The van der Waals surface area contributed by atoms with E-state index in [4.69, 9.17) is 22.6 Å². The average Bonchev–Trinajstić information content (AvgIpc) is 3.05. The number of aromatic nitrogens is 4. The number of fused-ring (bicyclic) bond motifs is 1. The fourth-order valence-corrected chi connectivity index (χ4v) is 2.98. The quantitative estimate of drug-likeness (QED) is 0.364. The highest BCUT2D eigenvalue weighted by molar-refractivity contribution is 5.72. The minimum atomic E-state index is -1.16. The second-order valence-corrected chi connectivity index (χ2v) is 5.74. The Kier molecular flexibility index (Phi) is 4.36. The maximum absolute atomic E-state index is 12.7. The van der Waals surface area contributed by atoms with Gasteiger partial charge < -0.3 is 26.4 Å². The molecule has 1 aliphatic heterocycles. The van der Waals surface area contributed by atoms with Gasteiger partial charge in [-0.25, -0.2) is 9.36 Å². The minimum absolute atomic E-state index is 0.0616. The SMILES string of the molecule is C#CCn1c(=O)n([C@@H]2O[C@H](C(O)CN)C[C@H]2O)c2nc(N)[nH]c(=O)c21. The highest BCUT2D eigenvalue weighted by Gasteiger charge is 2.40. The van der Waals surface area contributed by atoms with Crippen LogP contribution in [0.15, 0.2) is 9.59 Å². The summed E-state index contributed by atoms with van der Waals surface area (Å²) >= 11 is 0. The van der Waals surface area contributed by atoms with E-state index in [0.29, 0.717) is 0 Å². The van der Waals surface area contributed by atoms with Gasteiger partial charge >= 0.3 is 5.69 Å². The Morgan fingerprint density at radius 2 is 2.24 bits per heavy atom. The number of nitrogen functional groups attached to an aromatic ring is 1. The molecule has 134 valence electrons. The maximum Gasteiger partial charge on any atom is 0.333 e. The number of nitrogens with two attached hydrogens (primary N) is 2. The van der Waals surface area contributed by atoms with Crippen LogP contribution in [0.2, 0.25) is 0 Å². The van der Waals surface area contributed by atoms with Crippen molar-refractivity contribution in [3.8, 4) is 12.3 Å². The number of aromatic amines is 1. The standard InChI is InChI=1S/C14H18N6O5/c1-2-3-19-9-10(17-13(16)18-11(9)23)20(14(19)24)12-6(21)4-8(25-12)7(22)5-15/h1,6-8,12,21-22H,3-5,15H2,(H3,16,17,18,23)/t6-,7?,8+,12-/m1/s1. The molecular formula is C14H18N6O5. The largest absolute Gasteiger partial charge is 0.389 e. The van der Waals surface area contributed by atoms with Crippen LogP contribution < -0.4 is 22.7 Å². The second kappa shape index (κ2) is 6.34. The normalized spacial score (nSPS) is 24.5. The van der Waals surface area contributed by atoms with Crippen LogP contribution in [0.3, 0.4) is 0 Å². The van der Waals surface area contributed by atoms with E-state index in [1.807, 2.05) is 0 Å². The summed E-state index contributed by atoms with van der Waals surface area (Å²) in [5, 5.41) is 20.1. The first kappa shape index (κ1) is 17.2. The van der Waals surface area contributed by atoms with E-state index < -0.39 is 35.8 Å². The molecule has 0 spiro atoms. The van der Waals surface area contributed by atoms with Gasteiger partial charge in [0, 0.05) is 13.0 Å². The zero-order valence-electron chi connectivity index (χ0n) is 13.1. The van der Waals surface area contributed by atoms with Gasteiger partial charge in [-0.1, -0.05) is 5.92 Å². The molecular weight excluding hydrogens is 332 g/mol. The molecule has 11 nitrogen and oxygen atoms in total. The fourth-order valence-electron chi connectivity index (χ4n) is 2.98. The molecule has 2 aromatic rings. The first-order chi connectivity index (χ1) is 11.9. The number of ether oxygens (including phenoxy) is 1. The number of anilines is 1. The number of nitrogens with one attached hydrogen (secondary N) is 1. The Morgan fingerprint density at radius 3 is 2.88 bits per heavy atom. The van der Waals surface area contributed by atoms with Crippen LogP contribution in [0.25, 0.3) is 11.2 Å². The van der Waals surface area contributed by atoms with E-state index in [0.717, 1.165) is 9.13 Å². The Hall–Kier alpha value is -2.65. The summed E-state index contributed by atoms with van der Waals surface area (Å²) in [6, 6.07) is 0. The summed E-state index contributed by atoms with van der Waals surface area (Å²) < 4.78 is 7.66. The van der Waals surface area contributed by atoms with Gasteiger partial charge in [-0.15, -0.1) is 6.42 Å². The van der Waals surface area contributed by atoms with E-state index >= 15 is 0 Å². The number of rotatable bonds is 4. The number of terminal acetylenes is 1. The molecule has 1 aliphatic rings. The van der Waals surface area contributed by atoms with E-state index in [9.17, 15) is 19.8 Å². The average molecular weight is 350 g/mol. The van der Waals surface area contributed by atoms with Crippen molar-refractivity contribution in [3.05, 3.63) is 20.8 Å². The van der Waals surface area contributed by atoms with Crippen LogP contribution in [0.1, 0.15) is 12.6 Å². The van der Waals surface area contributed by atoms with Crippen molar-refractivity contribution in [1.82, 2.24) is 19.1 Å². The van der Waals surface area contributed by atoms with Crippen molar-refractivity contribution in [2.45, 2.75) is 37.5 Å². The summed E-state index contributed by atoms with van der Waals surface area (Å²) in [5.41, 5.74) is 9.52. The molecule has 3 rings (SSSR count). The van der Waals surface area contributed by atoms with Gasteiger partial charge in [-0.3, -0.25) is 14.3 Å². The summed E-state index contributed by atoms with van der Waals surface area (Å²) in [5.74, 6) is 2.09. The monoisotopic (exact) mass is 350 g/mol. The number of H-pyrrole nitrogens is 1. The van der Waals surface area contributed by atoms with Crippen molar-refractivity contribution in [3.63, 3.8) is 0 Å². The Balaban J connectivity index is 2.20. The van der Waals surface area contributed by atoms with Crippen LogP contribution in [-0.2, 0) is 11.3 Å². The van der Waals surface area contributed by atoms with Crippen molar-refractivity contribution < 1.29 is 14.9 Å². The molecule has 2 aromatic heterocycles. The minimum Gasteiger partial charge on any atom is -0.389 e. The number of nitrogens with zero attached hydrogens (tertiary/aromatic N) is 3. The molecule has 0 saturated carbocycles. The first-order valence-corrected chi connectivity index (χ1v) is 7.54. The third-order valence-corrected chi connectivity index (χ3v) is 4.12. The lowest BCUT2D eigenvalue weighted by atomic mass is 10.1. The number of imidazole rings is 1. The van der Waals surface area contributed by atoms with Crippen molar-refractivity contribution >= 4 is 17.1 Å². The third kappa shape index (κ3) is 2.71. The van der Waals surface area contributed by atoms with Gasteiger partial charge in [0.25, 0.3) is 5.56 Å². The number of hydrogen-bond acceptors (Lipinski definition) is 8. The highest BCUT2D eigenvalue weighted by atomic mass is 16.5. The molecule has 1 saturated heterocycles. The topological polar surface area (TPSA) is 174 Å². The zero-order chi connectivity index (χ0) is 18.3. The van der Waals surface area contributed by atoms with Crippen molar-refractivity contribution in [2.24, 2.45) is 5.73 Å². The van der Waals surface area contributed by atoms with Gasteiger partial charge in [0.1, 0.15) is 6.10 Å². The lowest BCUT2D eigenvalue weighted by Gasteiger charge is -2.18. The van der Waals surface area contributed by atoms with Crippen molar-refractivity contribution in [1.29, 1.82) is 0 Å². The molecule has 1 fully saturated rings.